The number of benzene rings is 1. The minimum absolute atomic E-state index is 0.271. The molecule has 2 bridgehead atoms. The standard InChI is InChI=1S/C20H15N3O3/c1-19-7-8-20(2,26-19)16-15(19)17(24)23(18(16)25)14-10-22-13(9-21)11-5-3-4-6-12(11)14/h3-8,10,15-16H,1-2H3/t15-,16+,19-,20+. The normalized spacial score (nSPS) is 34.6. The van der Waals surface area contributed by atoms with Crippen LogP contribution in [0.25, 0.3) is 10.8 Å². The Morgan fingerprint density at radius 1 is 1.08 bits per heavy atom. The highest BCUT2D eigenvalue weighted by molar-refractivity contribution is 6.26. The third kappa shape index (κ3) is 1.61. The minimum Gasteiger partial charge on any atom is -0.359 e. The van der Waals surface area contributed by atoms with Crippen molar-refractivity contribution in [2.45, 2.75) is 25.0 Å². The first kappa shape index (κ1) is 15.2. The molecule has 0 unspecified atom stereocenters. The third-order valence-corrected chi connectivity index (χ3v) is 5.85. The van der Waals surface area contributed by atoms with E-state index in [9.17, 15) is 14.9 Å². The van der Waals surface area contributed by atoms with Gasteiger partial charge in [0.2, 0.25) is 11.8 Å². The van der Waals surface area contributed by atoms with Gasteiger partial charge >= 0.3 is 0 Å². The van der Waals surface area contributed by atoms with Crippen molar-refractivity contribution in [3.05, 3.63) is 48.3 Å². The van der Waals surface area contributed by atoms with Crippen LogP contribution in [0.5, 0.6) is 0 Å². The molecule has 6 heteroatoms. The van der Waals surface area contributed by atoms with E-state index in [1.807, 2.05) is 32.1 Å². The number of nitriles is 1. The molecule has 0 saturated carbocycles. The van der Waals surface area contributed by atoms with Crippen LogP contribution in [0.15, 0.2) is 42.6 Å². The minimum atomic E-state index is -0.767. The van der Waals surface area contributed by atoms with Gasteiger partial charge in [-0.2, -0.15) is 5.26 Å². The number of ether oxygens (including phenoxy) is 1. The van der Waals surface area contributed by atoms with E-state index < -0.39 is 23.0 Å². The van der Waals surface area contributed by atoms with Crippen LogP contribution in [0.2, 0.25) is 0 Å². The van der Waals surface area contributed by atoms with Gasteiger partial charge in [0.25, 0.3) is 0 Å². The Morgan fingerprint density at radius 2 is 1.65 bits per heavy atom. The van der Waals surface area contributed by atoms with Crippen molar-refractivity contribution in [3.63, 3.8) is 0 Å². The number of imide groups is 1. The lowest BCUT2D eigenvalue weighted by Crippen LogP contribution is -2.39. The van der Waals surface area contributed by atoms with Crippen molar-refractivity contribution in [2.24, 2.45) is 11.8 Å². The van der Waals surface area contributed by atoms with Gasteiger partial charge in [-0.05, 0) is 13.8 Å². The lowest BCUT2D eigenvalue weighted by Gasteiger charge is -2.25. The molecule has 2 aromatic rings. The summed E-state index contributed by atoms with van der Waals surface area (Å²) in [5.74, 6) is -1.63. The van der Waals surface area contributed by atoms with Crippen molar-refractivity contribution >= 4 is 28.3 Å². The lowest BCUT2D eigenvalue weighted by atomic mass is 9.73. The molecule has 1 aromatic carbocycles. The van der Waals surface area contributed by atoms with E-state index >= 15 is 0 Å². The third-order valence-electron chi connectivity index (χ3n) is 5.85. The molecule has 3 aliphatic heterocycles. The maximum atomic E-state index is 13.2. The van der Waals surface area contributed by atoms with Crippen molar-refractivity contribution in [3.8, 4) is 6.07 Å². The number of fused-ring (bicyclic) bond motifs is 6. The van der Waals surface area contributed by atoms with Crippen LogP contribution in [-0.2, 0) is 14.3 Å². The molecule has 128 valence electrons. The molecule has 0 aliphatic carbocycles. The van der Waals surface area contributed by atoms with Gasteiger partial charge in [-0.1, -0.05) is 36.4 Å². The molecule has 3 aliphatic rings. The number of anilines is 1. The zero-order valence-corrected chi connectivity index (χ0v) is 14.3. The second kappa shape index (κ2) is 4.57. The van der Waals surface area contributed by atoms with E-state index in [2.05, 4.69) is 11.1 Å². The maximum Gasteiger partial charge on any atom is 0.241 e. The summed E-state index contributed by atoms with van der Waals surface area (Å²) in [5, 5.41) is 10.6. The molecule has 2 amide bonds. The fraction of sp³-hybridized carbons (Fsp3) is 0.300. The number of carbonyl (C=O) groups excluding carboxylic acids is 2. The van der Waals surface area contributed by atoms with Gasteiger partial charge in [0.1, 0.15) is 11.8 Å². The predicted octanol–water partition coefficient (Wildman–Crippen LogP) is 2.33. The Bertz CT molecular complexity index is 1050. The summed E-state index contributed by atoms with van der Waals surface area (Å²) in [6, 6.07) is 9.25. The molecule has 0 radical (unpaired) electrons. The SMILES string of the molecule is C[C@]12C=C[C@](C)(O1)[C@@H]1C(=O)N(c3cnc(C#N)c4ccccc34)C(=O)[C@@H]12. The summed E-state index contributed by atoms with van der Waals surface area (Å²) in [5.41, 5.74) is -0.837. The fourth-order valence-electron chi connectivity index (χ4n) is 4.71. The predicted molar refractivity (Wildman–Crippen MR) is 93.0 cm³/mol. The topological polar surface area (TPSA) is 83.3 Å². The molecule has 6 nitrogen and oxygen atoms in total. The monoisotopic (exact) mass is 345 g/mol. The summed E-state index contributed by atoms with van der Waals surface area (Å²) >= 11 is 0. The van der Waals surface area contributed by atoms with E-state index in [1.165, 1.54) is 11.1 Å². The van der Waals surface area contributed by atoms with E-state index in [1.54, 1.807) is 18.2 Å². The van der Waals surface area contributed by atoms with Crippen LogP contribution >= 0.6 is 0 Å². The van der Waals surface area contributed by atoms with Crippen LogP contribution in [0.3, 0.4) is 0 Å². The summed E-state index contributed by atoms with van der Waals surface area (Å²) in [6.07, 6.45) is 5.22. The average molecular weight is 345 g/mol. The number of hydrogen-bond acceptors (Lipinski definition) is 5. The van der Waals surface area contributed by atoms with Gasteiger partial charge in [-0.3, -0.25) is 9.59 Å². The largest absolute Gasteiger partial charge is 0.359 e. The highest BCUT2D eigenvalue weighted by Gasteiger charge is 2.70. The van der Waals surface area contributed by atoms with Gasteiger partial charge in [-0.15, -0.1) is 0 Å². The number of pyridine rings is 1. The van der Waals surface area contributed by atoms with Gasteiger partial charge in [0, 0.05) is 10.8 Å². The van der Waals surface area contributed by atoms with Crippen LogP contribution in [0, 0.1) is 23.2 Å². The smallest absolute Gasteiger partial charge is 0.241 e. The summed E-state index contributed by atoms with van der Waals surface area (Å²) in [7, 11) is 0. The summed E-state index contributed by atoms with van der Waals surface area (Å²) in [4.78, 5) is 31.9. The average Bonchev–Trinajstić information content (AvgIpc) is 3.18. The molecule has 26 heavy (non-hydrogen) atoms. The zero-order valence-electron chi connectivity index (χ0n) is 14.3. The van der Waals surface area contributed by atoms with Crippen molar-refractivity contribution in [1.82, 2.24) is 4.98 Å². The second-order valence-electron chi connectivity index (χ2n) is 7.42. The zero-order chi connectivity index (χ0) is 18.3. The summed E-state index contributed by atoms with van der Waals surface area (Å²) < 4.78 is 6.03. The Hall–Kier alpha value is -3.04. The number of hydrogen-bond donors (Lipinski definition) is 0. The second-order valence-corrected chi connectivity index (χ2v) is 7.42. The van der Waals surface area contributed by atoms with Crippen LogP contribution < -0.4 is 4.90 Å². The Labute approximate surface area is 149 Å². The Morgan fingerprint density at radius 3 is 2.23 bits per heavy atom. The molecule has 0 N–H and O–H groups in total. The molecule has 0 spiro atoms. The number of carbonyl (C=O) groups is 2. The number of aromatic nitrogens is 1. The van der Waals surface area contributed by atoms with Crippen LogP contribution in [0.4, 0.5) is 5.69 Å². The van der Waals surface area contributed by atoms with Gasteiger partial charge in [0.15, 0.2) is 0 Å². The quantitative estimate of drug-likeness (QED) is 0.585. The van der Waals surface area contributed by atoms with Crippen LogP contribution in [-0.4, -0.2) is 28.0 Å². The Balaban J connectivity index is 1.70. The van der Waals surface area contributed by atoms with Crippen molar-refractivity contribution in [2.75, 3.05) is 4.90 Å². The molecule has 4 atom stereocenters. The number of amides is 2. The lowest BCUT2D eigenvalue weighted by molar-refractivity contribution is -0.128. The molecule has 4 heterocycles. The van der Waals surface area contributed by atoms with Gasteiger partial charge in [-0.25, -0.2) is 9.88 Å². The number of nitrogens with zero attached hydrogens (tertiary/aromatic N) is 3. The first-order valence-corrected chi connectivity index (χ1v) is 8.46. The van der Waals surface area contributed by atoms with E-state index in [-0.39, 0.29) is 17.5 Å². The number of rotatable bonds is 1. The first-order chi connectivity index (χ1) is 12.4. The van der Waals surface area contributed by atoms with Crippen LogP contribution in [0.1, 0.15) is 19.5 Å². The Kier molecular flexibility index (Phi) is 2.68. The highest BCUT2D eigenvalue weighted by atomic mass is 16.5. The van der Waals surface area contributed by atoms with Gasteiger partial charge < -0.3 is 4.74 Å². The fourth-order valence-corrected chi connectivity index (χ4v) is 4.71. The maximum absolute atomic E-state index is 13.2. The summed E-state index contributed by atoms with van der Waals surface area (Å²) in [6.45, 7) is 3.70. The molecule has 2 fully saturated rings. The van der Waals surface area contributed by atoms with Crippen molar-refractivity contribution < 1.29 is 14.3 Å². The molecule has 5 rings (SSSR count). The van der Waals surface area contributed by atoms with E-state index in [0.717, 1.165) is 0 Å². The first-order valence-electron chi connectivity index (χ1n) is 8.46. The van der Waals surface area contributed by atoms with E-state index in [0.29, 0.717) is 16.5 Å². The molecule has 2 saturated heterocycles. The molecular weight excluding hydrogens is 330 g/mol. The highest BCUT2D eigenvalue weighted by Crippen LogP contribution is 2.57. The molecule has 1 aromatic heterocycles. The van der Waals surface area contributed by atoms with Crippen molar-refractivity contribution in [1.29, 1.82) is 5.26 Å². The van der Waals surface area contributed by atoms with E-state index in [4.69, 9.17) is 4.74 Å². The van der Waals surface area contributed by atoms with Gasteiger partial charge in [0.05, 0.1) is 34.9 Å². The molecular formula is C20H15N3O3.